The lowest BCUT2D eigenvalue weighted by atomic mass is 9.58. The second-order valence-electron chi connectivity index (χ2n) is 5.41. The maximum absolute atomic E-state index is 6.34. The first kappa shape index (κ1) is 9.47. The van der Waals surface area contributed by atoms with Crippen LogP contribution in [0.3, 0.4) is 0 Å². The van der Waals surface area contributed by atoms with Crippen molar-refractivity contribution in [3.63, 3.8) is 0 Å². The molecular formula is C11H21NO. The highest BCUT2D eigenvalue weighted by molar-refractivity contribution is 5.16. The fourth-order valence-corrected chi connectivity index (χ4v) is 2.64. The average Bonchev–Trinajstić information content (AvgIpc) is 2.67. The van der Waals surface area contributed by atoms with E-state index < -0.39 is 0 Å². The third-order valence-electron chi connectivity index (χ3n) is 4.79. The van der Waals surface area contributed by atoms with Crippen LogP contribution in [0.1, 0.15) is 40.0 Å². The van der Waals surface area contributed by atoms with Gasteiger partial charge in [-0.3, -0.25) is 0 Å². The molecule has 1 saturated carbocycles. The van der Waals surface area contributed by atoms with Crippen LogP contribution in [-0.2, 0) is 4.74 Å². The molecule has 0 bridgehead atoms. The molecule has 1 aliphatic heterocycles. The van der Waals surface area contributed by atoms with E-state index in [9.17, 15) is 0 Å². The molecule has 2 fully saturated rings. The van der Waals surface area contributed by atoms with Gasteiger partial charge in [0.15, 0.2) is 0 Å². The lowest BCUT2D eigenvalue weighted by molar-refractivity contribution is -0.187. The quantitative estimate of drug-likeness (QED) is 0.725. The van der Waals surface area contributed by atoms with E-state index in [4.69, 9.17) is 10.5 Å². The molecule has 2 nitrogen and oxygen atoms in total. The minimum atomic E-state index is 0.104. The largest absolute Gasteiger partial charge is 0.380 e. The Balaban J connectivity index is 2.21. The van der Waals surface area contributed by atoms with Gasteiger partial charge in [-0.15, -0.1) is 0 Å². The summed E-state index contributed by atoms with van der Waals surface area (Å²) in [7, 11) is 0. The maximum Gasteiger partial charge on any atom is 0.0550 e. The molecule has 0 aromatic rings. The summed E-state index contributed by atoms with van der Waals surface area (Å²) in [5.41, 5.74) is 7.05. The van der Waals surface area contributed by atoms with Gasteiger partial charge in [0.2, 0.25) is 0 Å². The van der Waals surface area contributed by atoms with Crippen molar-refractivity contribution in [3.8, 4) is 0 Å². The van der Waals surface area contributed by atoms with Crippen LogP contribution in [-0.4, -0.2) is 18.8 Å². The zero-order chi connectivity index (χ0) is 9.74. The normalized spacial score (nSPS) is 29.5. The Labute approximate surface area is 80.8 Å². The van der Waals surface area contributed by atoms with Crippen molar-refractivity contribution in [1.82, 2.24) is 0 Å². The maximum atomic E-state index is 6.34. The monoisotopic (exact) mass is 183 g/mol. The van der Waals surface area contributed by atoms with Gasteiger partial charge in [-0.25, -0.2) is 0 Å². The molecule has 2 aliphatic rings. The van der Waals surface area contributed by atoms with Gasteiger partial charge in [0, 0.05) is 11.0 Å². The Hall–Kier alpha value is -0.0800. The summed E-state index contributed by atoms with van der Waals surface area (Å²) in [6, 6.07) is 0. The smallest absolute Gasteiger partial charge is 0.0550 e. The van der Waals surface area contributed by atoms with Gasteiger partial charge in [-0.05, 0) is 24.7 Å². The zero-order valence-electron chi connectivity index (χ0n) is 9.02. The van der Waals surface area contributed by atoms with Crippen molar-refractivity contribution in [1.29, 1.82) is 0 Å². The van der Waals surface area contributed by atoms with Crippen LogP contribution in [0.25, 0.3) is 0 Å². The Bertz CT molecular complexity index is 209. The topological polar surface area (TPSA) is 35.2 Å². The summed E-state index contributed by atoms with van der Waals surface area (Å²) in [4.78, 5) is 0. The van der Waals surface area contributed by atoms with Gasteiger partial charge in [0.25, 0.3) is 0 Å². The Morgan fingerprint density at radius 1 is 1.31 bits per heavy atom. The van der Waals surface area contributed by atoms with Gasteiger partial charge in [-0.2, -0.15) is 0 Å². The number of ether oxygens (including phenoxy) is 1. The van der Waals surface area contributed by atoms with E-state index in [1.165, 1.54) is 19.3 Å². The second-order valence-corrected chi connectivity index (χ2v) is 5.41. The summed E-state index contributed by atoms with van der Waals surface area (Å²) in [5, 5.41) is 0. The molecule has 1 saturated heterocycles. The minimum absolute atomic E-state index is 0.104. The van der Waals surface area contributed by atoms with Crippen molar-refractivity contribution in [2.45, 2.75) is 45.6 Å². The van der Waals surface area contributed by atoms with Gasteiger partial charge in [0.1, 0.15) is 0 Å². The van der Waals surface area contributed by atoms with Gasteiger partial charge >= 0.3 is 0 Å². The molecule has 1 aliphatic carbocycles. The summed E-state index contributed by atoms with van der Waals surface area (Å²) >= 11 is 0. The molecule has 2 heteroatoms. The van der Waals surface area contributed by atoms with Gasteiger partial charge in [-0.1, -0.05) is 20.8 Å². The first-order valence-electron chi connectivity index (χ1n) is 5.34. The molecule has 2 N–H and O–H groups in total. The molecule has 0 atom stereocenters. The number of hydrogen-bond acceptors (Lipinski definition) is 2. The first-order valence-corrected chi connectivity index (χ1v) is 5.34. The van der Waals surface area contributed by atoms with Crippen LogP contribution in [0.5, 0.6) is 0 Å². The fraction of sp³-hybridized carbons (Fsp3) is 1.00. The molecule has 0 aromatic carbocycles. The van der Waals surface area contributed by atoms with Crippen molar-refractivity contribution < 1.29 is 4.74 Å². The van der Waals surface area contributed by atoms with Crippen LogP contribution in [0.15, 0.2) is 0 Å². The summed E-state index contributed by atoms with van der Waals surface area (Å²) in [6.45, 7) is 8.74. The number of nitrogens with two attached hydrogens (primary N) is 1. The standard InChI is InChI=1S/C11H21NO/c1-4-10(7-13-8-10)9(2,3)11(12)5-6-11/h4-8,12H2,1-3H3. The van der Waals surface area contributed by atoms with Crippen LogP contribution < -0.4 is 5.73 Å². The number of rotatable bonds is 3. The molecule has 1 heterocycles. The molecule has 0 amide bonds. The van der Waals surface area contributed by atoms with Crippen LogP contribution in [0.2, 0.25) is 0 Å². The number of hydrogen-bond donors (Lipinski definition) is 1. The molecule has 0 aromatic heterocycles. The Morgan fingerprint density at radius 3 is 2.08 bits per heavy atom. The van der Waals surface area contributed by atoms with E-state index in [0.717, 1.165) is 13.2 Å². The minimum Gasteiger partial charge on any atom is -0.380 e. The van der Waals surface area contributed by atoms with E-state index in [1.807, 2.05) is 0 Å². The van der Waals surface area contributed by atoms with Gasteiger partial charge < -0.3 is 10.5 Å². The Kier molecular flexibility index (Phi) is 1.81. The average molecular weight is 183 g/mol. The summed E-state index contributed by atoms with van der Waals surface area (Å²) in [6.07, 6.45) is 3.59. The fourth-order valence-electron chi connectivity index (χ4n) is 2.64. The highest BCUT2D eigenvalue weighted by atomic mass is 16.5. The third-order valence-corrected chi connectivity index (χ3v) is 4.79. The highest BCUT2D eigenvalue weighted by Crippen LogP contribution is 2.60. The lowest BCUT2D eigenvalue weighted by Crippen LogP contribution is -2.60. The highest BCUT2D eigenvalue weighted by Gasteiger charge is 2.62. The predicted molar refractivity (Wildman–Crippen MR) is 53.5 cm³/mol. The molecule has 0 unspecified atom stereocenters. The van der Waals surface area contributed by atoms with Crippen LogP contribution in [0, 0.1) is 10.8 Å². The van der Waals surface area contributed by atoms with E-state index in [2.05, 4.69) is 20.8 Å². The summed E-state index contributed by atoms with van der Waals surface area (Å²) in [5.74, 6) is 0. The molecule has 76 valence electrons. The van der Waals surface area contributed by atoms with E-state index in [1.54, 1.807) is 0 Å². The zero-order valence-corrected chi connectivity index (χ0v) is 9.02. The van der Waals surface area contributed by atoms with Crippen molar-refractivity contribution >= 4 is 0 Å². The van der Waals surface area contributed by atoms with Crippen LogP contribution in [0.4, 0.5) is 0 Å². The second kappa shape index (κ2) is 2.48. The van der Waals surface area contributed by atoms with Crippen molar-refractivity contribution in [2.75, 3.05) is 13.2 Å². The SMILES string of the molecule is CCC1(C(C)(C)C2(N)CC2)COC1. The lowest BCUT2D eigenvalue weighted by Gasteiger charge is -2.55. The predicted octanol–water partition coefficient (Wildman–Crippen LogP) is 1.93. The van der Waals surface area contributed by atoms with E-state index in [-0.39, 0.29) is 11.0 Å². The first-order chi connectivity index (χ1) is 5.97. The van der Waals surface area contributed by atoms with Gasteiger partial charge in [0.05, 0.1) is 13.2 Å². The van der Waals surface area contributed by atoms with Crippen molar-refractivity contribution in [3.05, 3.63) is 0 Å². The van der Waals surface area contributed by atoms with E-state index >= 15 is 0 Å². The molecular weight excluding hydrogens is 162 g/mol. The van der Waals surface area contributed by atoms with E-state index in [0.29, 0.717) is 5.41 Å². The molecule has 2 rings (SSSR count). The van der Waals surface area contributed by atoms with Crippen LogP contribution >= 0.6 is 0 Å². The molecule has 13 heavy (non-hydrogen) atoms. The Morgan fingerprint density at radius 2 is 1.85 bits per heavy atom. The molecule has 0 spiro atoms. The molecule has 0 radical (unpaired) electrons. The third kappa shape index (κ3) is 1.02. The summed E-state index contributed by atoms with van der Waals surface area (Å²) < 4.78 is 5.38. The van der Waals surface area contributed by atoms with Crippen molar-refractivity contribution in [2.24, 2.45) is 16.6 Å².